The van der Waals surface area contributed by atoms with Crippen LogP contribution < -0.4 is 5.43 Å². The van der Waals surface area contributed by atoms with Crippen molar-refractivity contribution in [3.8, 4) is 0 Å². The highest BCUT2D eigenvalue weighted by molar-refractivity contribution is 7.85. The van der Waals surface area contributed by atoms with Crippen LogP contribution in [0.5, 0.6) is 0 Å². The average Bonchev–Trinajstić information content (AvgIpc) is 2.53. The fourth-order valence-corrected chi connectivity index (χ4v) is 4.18. The van der Waals surface area contributed by atoms with Crippen molar-refractivity contribution in [1.29, 1.82) is 0 Å². The Morgan fingerprint density at radius 3 is 2.33 bits per heavy atom. The van der Waals surface area contributed by atoms with Crippen LogP contribution in [0.1, 0.15) is 25.3 Å². The predicted octanol–water partition coefficient (Wildman–Crippen LogP) is 3.54. The summed E-state index contributed by atoms with van der Waals surface area (Å²) in [6, 6.07) is 8.69. The normalized spacial score (nSPS) is 14.4. The molecule has 0 aliphatic carbocycles. The molecule has 0 bridgehead atoms. The van der Waals surface area contributed by atoms with Gasteiger partial charge in [0.2, 0.25) is 5.43 Å². The molecule has 0 saturated heterocycles. The van der Waals surface area contributed by atoms with Crippen LogP contribution in [-0.2, 0) is 21.6 Å². The van der Waals surface area contributed by atoms with Crippen molar-refractivity contribution in [1.82, 2.24) is 0 Å². The van der Waals surface area contributed by atoms with Gasteiger partial charge in [-0.1, -0.05) is 26.0 Å². The van der Waals surface area contributed by atoms with Crippen LogP contribution in [0, 0.1) is 0 Å². The van der Waals surface area contributed by atoms with Gasteiger partial charge in [-0.3, -0.25) is 13.2 Å². The predicted molar refractivity (Wildman–Crippen MR) is 98.7 cm³/mol. The van der Waals surface area contributed by atoms with Gasteiger partial charge >= 0.3 is 0 Å². The van der Waals surface area contributed by atoms with E-state index in [2.05, 4.69) is 0 Å². The van der Waals surface area contributed by atoms with Crippen molar-refractivity contribution in [3.63, 3.8) is 0 Å². The summed E-state index contributed by atoms with van der Waals surface area (Å²) in [7, 11) is -2.65. The van der Waals surface area contributed by atoms with Crippen molar-refractivity contribution in [2.75, 3.05) is 12.5 Å². The van der Waals surface area contributed by atoms with E-state index in [0.29, 0.717) is 31.7 Å². The molecule has 0 saturated carbocycles. The van der Waals surface area contributed by atoms with Crippen molar-refractivity contribution >= 4 is 43.5 Å². The SMILES string of the molecule is CC(C)c1cccc2oc3c(S(C)=O)cc(S(C)=O)cc3c(=O)c12. The molecule has 0 aliphatic rings. The maximum atomic E-state index is 13.1. The summed E-state index contributed by atoms with van der Waals surface area (Å²) >= 11 is 0. The van der Waals surface area contributed by atoms with Gasteiger partial charge in [-0.05, 0) is 29.7 Å². The molecule has 2 unspecified atom stereocenters. The van der Waals surface area contributed by atoms with E-state index in [1.54, 1.807) is 18.2 Å². The average molecular weight is 362 g/mol. The largest absolute Gasteiger partial charge is 0.455 e. The van der Waals surface area contributed by atoms with E-state index in [1.807, 2.05) is 26.0 Å². The third kappa shape index (κ3) is 2.74. The summed E-state index contributed by atoms with van der Waals surface area (Å²) in [4.78, 5) is 14.0. The lowest BCUT2D eigenvalue weighted by Gasteiger charge is -2.11. The van der Waals surface area contributed by atoms with Crippen molar-refractivity contribution in [3.05, 3.63) is 46.1 Å². The van der Waals surface area contributed by atoms with Crippen molar-refractivity contribution < 1.29 is 12.8 Å². The summed E-state index contributed by atoms with van der Waals surface area (Å²) in [6.45, 7) is 4.03. The van der Waals surface area contributed by atoms with Crippen molar-refractivity contribution in [2.45, 2.75) is 29.6 Å². The van der Waals surface area contributed by atoms with Gasteiger partial charge in [0.1, 0.15) is 5.58 Å². The van der Waals surface area contributed by atoms with E-state index >= 15 is 0 Å². The molecule has 0 fully saturated rings. The Morgan fingerprint density at radius 1 is 1.04 bits per heavy atom. The minimum Gasteiger partial charge on any atom is -0.455 e. The van der Waals surface area contributed by atoms with Crippen LogP contribution in [0.3, 0.4) is 0 Å². The topological polar surface area (TPSA) is 64.3 Å². The fraction of sp³-hybridized carbons (Fsp3) is 0.278. The molecule has 1 heterocycles. The summed E-state index contributed by atoms with van der Waals surface area (Å²) in [5.74, 6) is 0.164. The second-order valence-electron chi connectivity index (χ2n) is 6.01. The Balaban J connectivity index is 2.58. The summed E-state index contributed by atoms with van der Waals surface area (Å²) in [5.41, 5.74) is 1.53. The molecule has 0 spiro atoms. The van der Waals surface area contributed by atoms with E-state index in [1.165, 1.54) is 12.5 Å². The van der Waals surface area contributed by atoms with E-state index < -0.39 is 21.6 Å². The first-order valence-electron chi connectivity index (χ1n) is 7.51. The lowest BCUT2D eigenvalue weighted by atomic mass is 9.97. The first-order valence-corrected chi connectivity index (χ1v) is 10.6. The molecule has 3 aromatic rings. The third-order valence-electron chi connectivity index (χ3n) is 4.03. The molecule has 6 heteroatoms. The quantitative estimate of drug-likeness (QED) is 0.669. The Hall–Kier alpha value is -1.79. The van der Waals surface area contributed by atoms with Crippen LogP contribution >= 0.6 is 0 Å². The number of fused-ring (bicyclic) bond motifs is 2. The molecule has 3 rings (SSSR count). The second kappa shape index (κ2) is 6.26. The maximum Gasteiger partial charge on any atom is 0.200 e. The molecule has 0 aliphatic heterocycles. The first kappa shape index (κ1) is 17.0. The minimum atomic E-state index is -1.36. The molecule has 1 aromatic heterocycles. The van der Waals surface area contributed by atoms with Gasteiger partial charge < -0.3 is 4.42 Å². The lowest BCUT2D eigenvalue weighted by molar-refractivity contribution is 0.644. The number of rotatable bonds is 3. The van der Waals surface area contributed by atoms with E-state index in [-0.39, 0.29) is 11.3 Å². The molecule has 0 amide bonds. The van der Waals surface area contributed by atoms with Gasteiger partial charge in [-0.15, -0.1) is 0 Å². The Labute approximate surface area is 144 Å². The molecular formula is C18H18O4S2. The standard InChI is InChI=1S/C18H18O4S2/c1-10(2)12-6-5-7-14-16(12)17(19)13-8-11(23(3)20)9-15(24(4)21)18(13)22-14/h5-10H,1-4H3. The molecule has 2 atom stereocenters. The number of benzene rings is 2. The minimum absolute atomic E-state index is 0.164. The van der Waals surface area contributed by atoms with E-state index in [0.717, 1.165) is 5.56 Å². The Bertz CT molecular complexity index is 1060. The first-order chi connectivity index (χ1) is 11.3. The molecule has 0 N–H and O–H groups in total. The zero-order chi connectivity index (χ0) is 17.6. The van der Waals surface area contributed by atoms with Crippen LogP contribution in [-0.4, -0.2) is 20.9 Å². The van der Waals surface area contributed by atoms with Gasteiger partial charge in [-0.25, -0.2) is 0 Å². The Morgan fingerprint density at radius 2 is 1.75 bits per heavy atom. The van der Waals surface area contributed by atoms with E-state index in [9.17, 15) is 13.2 Å². The van der Waals surface area contributed by atoms with Gasteiger partial charge in [-0.2, -0.15) is 0 Å². The second-order valence-corrected chi connectivity index (χ2v) is 8.74. The monoisotopic (exact) mass is 362 g/mol. The smallest absolute Gasteiger partial charge is 0.200 e. The molecule has 2 aromatic carbocycles. The zero-order valence-electron chi connectivity index (χ0n) is 13.9. The summed E-state index contributed by atoms with van der Waals surface area (Å²) in [6.07, 6.45) is 3.05. The zero-order valence-corrected chi connectivity index (χ0v) is 15.5. The van der Waals surface area contributed by atoms with Gasteiger partial charge in [0, 0.05) is 28.2 Å². The molecule has 4 nitrogen and oxygen atoms in total. The van der Waals surface area contributed by atoms with E-state index in [4.69, 9.17) is 4.42 Å². The van der Waals surface area contributed by atoms with Gasteiger partial charge in [0.05, 0.1) is 26.5 Å². The lowest BCUT2D eigenvalue weighted by Crippen LogP contribution is -2.08. The number of hydrogen-bond donors (Lipinski definition) is 0. The highest BCUT2D eigenvalue weighted by atomic mass is 32.2. The maximum absolute atomic E-state index is 13.1. The van der Waals surface area contributed by atoms with Crippen molar-refractivity contribution in [2.24, 2.45) is 0 Å². The van der Waals surface area contributed by atoms with Crippen LogP contribution in [0.2, 0.25) is 0 Å². The molecule has 24 heavy (non-hydrogen) atoms. The highest BCUT2D eigenvalue weighted by Gasteiger charge is 2.18. The number of hydrogen-bond acceptors (Lipinski definition) is 4. The Kier molecular flexibility index (Phi) is 4.44. The fourth-order valence-electron chi connectivity index (χ4n) is 2.83. The summed E-state index contributed by atoms with van der Waals surface area (Å²) < 4.78 is 30.0. The van der Waals surface area contributed by atoms with Crippen LogP contribution in [0.15, 0.2) is 49.3 Å². The van der Waals surface area contributed by atoms with Gasteiger partial charge in [0.15, 0.2) is 5.58 Å². The van der Waals surface area contributed by atoms with Crippen LogP contribution in [0.25, 0.3) is 21.9 Å². The molecule has 126 valence electrons. The van der Waals surface area contributed by atoms with Gasteiger partial charge in [0.25, 0.3) is 0 Å². The van der Waals surface area contributed by atoms with Crippen LogP contribution in [0.4, 0.5) is 0 Å². The molecular weight excluding hydrogens is 344 g/mol. The highest BCUT2D eigenvalue weighted by Crippen LogP contribution is 2.29. The molecule has 0 radical (unpaired) electrons. The third-order valence-corrected chi connectivity index (χ3v) is 5.86. The summed E-state index contributed by atoms with van der Waals surface area (Å²) in [5, 5.41) is 0.861.